The lowest BCUT2D eigenvalue weighted by atomic mass is 10.1. The molecule has 152 valence electrons. The van der Waals surface area contributed by atoms with Crippen LogP contribution in [0.4, 0.5) is 0 Å². The fraction of sp³-hybridized carbons (Fsp3) is 0.550. The van der Waals surface area contributed by atoms with Crippen molar-refractivity contribution in [2.24, 2.45) is 0 Å². The minimum atomic E-state index is -0.217. The number of aromatic nitrogens is 3. The van der Waals surface area contributed by atoms with Gasteiger partial charge in [-0.25, -0.2) is 0 Å². The summed E-state index contributed by atoms with van der Waals surface area (Å²) in [5, 5.41) is 11.0. The van der Waals surface area contributed by atoms with Crippen molar-refractivity contribution in [2.75, 3.05) is 40.4 Å². The summed E-state index contributed by atoms with van der Waals surface area (Å²) in [5.74, 6) is 1.16. The Morgan fingerprint density at radius 1 is 1.14 bits per heavy atom. The van der Waals surface area contributed by atoms with Gasteiger partial charge >= 0.3 is 0 Å². The number of hydrogen-bond donors (Lipinski definition) is 1. The van der Waals surface area contributed by atoms with Crippen molar-refractivity contribution in [2.45, 2.75) is 32.2 Å². The van der Waals surface area contributed by atoms with Gasteiger partial charge in [-0.2, -0.15) is 0 Å². The number of piperidine rings is 1. The second kappa shape index (κ2) is 10.1. The van der Waals surface area contributed by atoms with Crippen molar-refractivity contribution in [3.8, 4) is 11.5 Å². The van der Waals surface area contributed by atoms with E-state index in [4.69, 9.17) is 9.47 Å². The van der Waals surface area contributed by atoms with Crippen LogP contribution < -0.4 is 14.8 Å². The number of methoxy groups -OCH3 is 2. The molecule has 0 bridgehead atoms. The second-order valence-electron chi connectivity index (χ2n) is 6.93. The molecule has 2 heterocycles. The molecule has 1 aliphatic heterocycles. The largest absolute Gasteiger partial charge is 0.493 e. The maximum atomic E-state index is 12.3. The Balaban J connectivity index is 1.47. The number of carbonyl (C=O) groups is 1. The normalized spacial score (nSPS) is 14.6. The van der Waals surface area contributed by atoms with E-state index < -0.39 is 0 Å². The van der Waals surface area contributed by atoms with E-state index >= 15 is 0 Å². The fourth-order valence-corrected chi connectivity index (χ4v) is 3.49. The van der Waals surface area contributed by atoms with Gasteiger partial charge in [-0.05, 0) is 44.0 Å². The maximum absolute atomic E-state index is 12.3. The zero-order valence-corrected chi connectivity index (χ0v) is 16.7. The van der Waals surface area contributed by atoms with Crippen LogP contribution in [0.1, 0.15) is 35.3 Å². The molecule has 1 amide bonds. The summed E-state index contributed by atoms with van der Waals surface area (Å²) >= 11 is 0. The highest BCUT2D eigenvalue weighted by Crippen LogP contribution is 2.30. The van der Waals surface area contributed by atoms with Gasteiger partial charge in [-0.3, -0.25) is 9.48 Å². The van der Waals surface area contributed by atoms with Gasteiger partial charge in [0.1, 0.15) is 0 Å². The first kappa shape index (κ1) is 20.1. The van der Waals surface area contributed by atoms with Gasteiger partial charge in [0.05, 0.1) is 27.0 Å². The molecule has 28 heavy (non-hydrogen) atoms. The van der Waals surface area contributed by atoms with Crippen LogP contribution >= 0.6 is 0 Å². The predicted octanol–water partition coefficient (Wildman–Crippen LogP) is 1.75. The molecule has 1 aromatic heterocycles. The third-order valence-electron chi connectivity index (χ3n) is 5.03. The number of likely N-dealkylation sites (tertiary alicyclic amines) is 1. The van der Waals surface area contributed by atoms with Crippen molar-refractivity contribution in [1.82, 2.24) is 25.2 Å². The van der Waals surface area contributed by atoms with Crippen LogP contribution in [0.25, 0.3) is 0 Å². The first-order valence-corrected chi connectivity index (χ1v) is 9.82. The lowest BCUT2D eigenvalue weighted by molar-refractivity contribution is 0.0949. The van der Waals surface area contributed by atoms with Crippen LogP contribution in [0, 0.1) is 0 Å². The number of rotatable bonds is 9. The summed E-state index contributed by atoms with van der Waals surface area (Å²) in [5.41, 5.74) is 1.32. The van der Waals surface area contributed by atoms with Gasteiger partial charge in [0.2, 0.25) is 0 Å². The second-order valence-corrected chi connectivity index (χ2v) is 6.93. The van der Waals surface area contributed by atoms with E-state index in [1.54, 1.807) is 25.1 Å². The number of hydrogen-bond acceptors (Lipinski definition) is 6. The van der Waals surface area contributed by atoms with Gasteiger partial charge < -0.3 is 19.7 Å². The minimum absolute atomic E-state index is 0.217. The van der Waals surface area contributed by atoms with Crippen molar-refractivity contribution in [3.05, 3.63) is 35.7 Å². The molecule has 1 aliphatic rings. The molecule has 0 radical (unpaired) electrons. The minimum Gasteiger partial charge on any atom is -0.493 e. The van der Waals surface area contributed by atoms with Crippen molar-refractivity contribution >= 4 is 5.91 Å². The van der Waals surface area contributed by atoms with Crippen LogP contribution in [0.5, 0.6) is 11.5 Å². The lowest BCUT2D eigenvalue weighted by Crippen LogP contribution is -2.32. The molecular weight excluding hydrogens is 358 g/mol. The average Bonchev–Trinajstić information content (AvgIpc) is 3.22. The smallest absolute Gasteiger partial charge is 0.273 e. The first-order valence-electron chi connectivity index (χ1n) is 9.82. The summed E-state index contributed by atoms with van der Waals surface area (Å²) in [6.45, 7) is 4.47. The van der Waals surface area contributed by atoms with Gasteiger partial charge in [0.15, 0.2) is 17.2 Å². The Bertz CT molecular complexity index is 771. The Morgan fingerprint density at radius 2 is 1.96 bits per heavy atom. The Morgan fingerprint density at radius 3 is 2.71 bits per heavy atom. The average molecular weight is 387 g/mol. The topological polar surface area (TPSA) is 81.5 Å². The Labute approximate surface area is 165 Å². The zero-order valence-electron chi connectivity index (χ0n) is 16.7. The van der Waals surface area contributed by atoms with Gasteiger partial charge in [-0.1, -0.05) is 23.8 Å². The highest BCUT2D eigenvalue weighted by atomic mass is 16.5. The summed E-state index contributed by atoms with van der Waals surface area (Å²) in [4.78, 5) is 14.8. The van der Waals surface area contributed by atoms with Crippen LogP contribution in [0.2, 0.25) is 0 Å². The number of nitrogens with one attached hydrogen (secondary N) is 1. The molecule has 0 spiro atoms. The number of carbonyl (C=O) groups excluding carboxylic acids is 1. The van der Waals surface area contributed by atoms with Crippen LogP contribution in [0.3, 0.4) is 0 Å². The molecule has 2 aromatic rings. The van der Waals surface area contributed by atoms with Crippen LogP contribution in [0.15, 0.2) is 24.4 Å². The standard InChI is InChI=1S/C20H29N5O3/c1-27-18-8-6-7-16(19(18)28-2)9-10-21-20(26)17-15-25(23-22-17)14-13-24-11-4-3-5-12-24/h6-8,15H,3-5,9-14H2,1-2H3,(H,21,26). The number of ether oxygens (including phenoxy) is 2. The molecule has 1 saturated heterocycles. The van der Waals surface area contributed by atoms with Crippen molar-refractivity contribution < 1.29 is 14.3 Å². The molecule has 0 saturated carbocycles. The summed E-state index contributed by atoms with van der Waals surface area (Å²) in [7, 11) is 3.22. The fourth-order valence-electron chi connectivity index (χ4n) is 3.49. The lowest BCUT2D eigenvalue weighted by Gasteiger charge is -2.25. The van der Waals surface area contributed by atoms with E-state index in [9.17, 15) is 4.79 Å². The third-order valence-corrected chi connectivity index (χ3v) is 5.03. The maximum Gasteiger partial charge on any atom is 0.273 e. The molecule has 0 unspecified atom stereocenters. The molecule has 0 atom stereocenters. The molecule has 1 fully saturated rings. The van der Waals surface area contributed by atoms with E-state index in [0.717, 1.165) is 31.7 Å². The third kappa shape index (κ3) is 5.22. The predicted molar refractivity (Wildman–Crippen MR) is 106 cm³/mol. The summed E-state index contributed by atoms with van der Waals surface area (Å²) in [6, 6.07) is 5.72. The van der Waals surface area contributed by atoms with Gasteiger partial charge in [0.25, 0.3) is 5.91 Å². The highest BCUT2D eigenvalue weighted by Gasteiger charge is 2.14. The summed E-state index contributed by atoms with van der Waals surface area (Å²) in [6.07, 6.45) is 6.21. The quantitative estimate of drug-likeness (QED) is 0.706. The molecule has 1 aromatic carbocycles. The Hall–Kier alpha value is -2.61. The monoisotopic (exact) mass is 387 g/mol. The molecule has 1 N–H and O–H groups in total. The summed E-state index contributed by atoms with van der Waals surface area (Å²) < 4.78 is 12.5. The van der Waals surface area contributed by atoms with E-state index in [0.29, 0.717) is 30.2 Å². The Kier molecular flexibility index (Phi) is 7.25. The zero-order chi connectivity index (χ0) is 19.8. The van der Waals surface area contributed by atoms with Crippen LogP contribution in [-0.2, 0) is 13.0 Å². The van der Waals surface area contributed by atoms with Gasteiger partial charge in [-0.15, -0.1) is 5.10 Å². The number of benzene rings is 1. The highest BCUT2D eigenvalue weighted by molar-refractivity contribution is 5.91. The van der Waals surface area contributed by atoms with Gasteiger partial charge in [0, 0.05) is 13.1 Å². The van der Waals surface area contributed by atoms with Crippen LogP contribution in [-0.4, -0.2) is 66.2 Å². The SMILES string of the molecule is COc1cccc(CCNC(=O)c2cn(CCN3CCCCC3)nn2)c1OC. The number of amides is 1. The number of nitrogens with zero attached hydrogens (tertiary/aromatic N) is 4. The van der Waals surface area contributed by atoms with E-state index in [1.807, 2.05) is 18.2 Å². The van der Waals surface area contributed by atoms with E-state index in [-0.39, 0.29) is 5.91 Å². The number of para-hydroxylation sites is 1. The van der Waals surface area contributed by atoms with E-state index in [1.165, 1.54) is 19.3 Å². The van der Waals surface area contributed by atoms with Crippen molar-refractivity contribution in [3.63, 3.8) is 0 Å². The molecule has 8 nitrogen and oxygen atoms in total. The molecule has 0 aliphatic carbocycles. The van der Waals surface area contributed by atoms with Crippen molar-refractivity contribution in [1.29, 1.82) is 0 Å². The first-order chi connectivity index (χ1) is 13.7. The van der Waals surface area contributed by atoms with E-state index in [2.05, 4.69) is 20.5 Å². The molecule has 8 heteroatoms. The molecular formula is C20H29N5O3. The molecule has 3 rings (SSSR count).